The molecule has 0 saturated carbocycles. The van der Waals surface area contributed by atoms with Crippen LogP contribution in [0.5, 0.6) is 0 Å². The van der Waals surface area contributed by atoms with Gasteiger partial charge in [0.15, 0.2) is 6.54 Å². The molecule has 198 valence electrons. The fourth-order valence-electron chi connectivity index (χ4n) is 3.83. The highest BCUT2D eigenvalue weighted by Crippen LogP contribution is 2.12. The standard InChI is InChI=1S/C25H47N3O6/c1-5-34-25(33)22(16-13-14-18-26-21(2)29)27-23(30)17-12-10-8-6-7-9-11-15-19-28(3,4)20-24(31)32/h22H,5-20H2,1-4H3,(H2-,26,27,29,30,31,32)/p+1. The molecule has 0 aromatic carbocycles. The number of carbonyl (C=O) groups excluding carboxylic acids is 3. The maximum absolute atomic E-state index is 12.3. The molecule has 0 fully saturated rings. The minimum absolute atomic E-state index is 0.0772. The number of hydrogen-bond donors (Lipinski definition) is 3. The van der Waals surface area contributed by atoms with E-state index in [4.69, 9.17) is 9.84 Å². The number of esters is 1. The number of carboxylic acid groups (broad SMARTS) is 1. The van der Waals surface area contributed by atoms with E-state index in [0.29, 0.717) is 30.3 Å². The van der Waals surface area contributed by atoms with Crippen molar-refractivity contribution >= 4 is 23.8 Å². The van der Waals surface area contributed by atoms with E-state index >= 15 is 0 Å². The molecule has 0 aromatic rings. The molecule has 0 saturated heterocycles. The third-order valence-corrected chi connectivity index (χ3v) is 5.68. The maximum atomic E-state index is 12.3. The van der Waals surface area contributed by atoms with Gasteiger partial charge in [-0.3, -0.25) is 9.59 Å². The molecular formula is C25H48N3O6+. The Bertz CT molecular complexity index is 609. The van der Waals surface area contributed by atoms with E-state index in [1.54, 1.807) is 6.92 Å². The average molecular weight is 487 g/mol. The molecule has 3 N–H and O–H groups in total. The zero-order valence-corrected chi connectivity index (χ0v) is 21.8. The molecule has 0 heterocycles. The minimum atomic E-state index is -0.756. The van der Waals surface area contributed by atoms with E-state index in [1.165, 1.54) is 6.92 Å². The number of nitrogens with one attached hydrogen (secondary N) is 2. The van der Waals surface area contributed by atoms with E-state index in [-0.39, 0.29) is 25.0 Å². The lowest BCUT2D eigenvalue weighted by Crippen LogP contribution is -2.44. The summed E-state index contributed by atoms with van der Waals surface area (Å²) in [6.45, 7) is 5.08. The molecule has 0 rings (SSSR count). The second-order valence-corrected chi connectivity index (χ2v) is 9.64. The van der Waals surface area contributed by atoms with E-state index in [2.05, 4.69) is 10.6 Å². The van der Waals surface area contributed by atoms with Crippen LogP contribution in [-0.2, 0) is 23.9 Å². The SMILES string of the molecule is CCOC(=O)C(CCCCNC(C)=O)NC(=O)CCCCCCCCCC[N+](C)(C)CC(=O)O. The molecule has 9 nitrogen and oxygen atoms in total. The van der Waals surface area contributed by atoms with E-state index < -0.39 is 18.0 Å². The summed E-state index contributed by atoms with van der Waals surface area (Å²) >= 11 is 0. The van der Waals surface area contributed by atoms with Gasteiger partial charge in [-0.2, -0.15) is 0 Å². The van der Waals surface area contributed by atoms with Crippen LogP contribution in [-0.4, -0.2) is 79.7 Å². The quantitative estimate of drug-likeness (QED) is 0.130. The molecule has 0 aromatic heterocycles. The van der Waals surface area contributed by atoms with Crippen LogP contribution in [0.2, 0.25) is 0 Å². The highest BCUT2D eigenvalue weighted by Gasteiger charge is 2.21. The van der Waals surface area contributed by atoms with Crippen LogP contribution in [0, 0.1) is 0 Å². The third-order valence-electron chi connectivity index (χ3n) is 5.68. The number of rotatable bonds is 21. The van der Waals surface area contributed by atoms with Crippen LogP contribution >= 0.6 is 0 Å². The van der Waals surface area contributed by atoms with Crippen molar-refractivity contribution in [1.29, 1.82) is 0 Å². The Morgan fingerprint density at radius 3 is 2.03 bits per heavy atom. The van der Waals surface area contributed by atoms with Gasteiger partial charge < -0.3 is 25.0 Å². The first-order valence-corrected chi connectivity index (χ1v) is 12.8. The highest BCUT2D eigenvalue weighted by atomic mass is 16.5. The van der Waals surface area contributed by atoms with Gasteiger partial charge in [0.25, 0.3) is 0 Å². The van der Waals surface area contributed by atoms with Crippen LogP contribution in [0.4, 0.5) is 0 Å². The minimum Gasteiger partial charge on any atom is -0.477 e. The van der Waals surface area contributed by atoms with E-state index in [1.807, 2.05) is 14.1 Å². The first kappa shape index (κ1) is 31.8. The fourth-order valence-corrected chi connectivity index (χ4v) is 3.83. The predicted octanol–water partition coefficient (Wildman–Crippen LogP) is 3.01. The Kier molecular flexibility index (Phi) is 18.0. The zero-order valence-electron chi connectivity index (χ0n) is 21.8. The first-order chi connectivity index (χ1) is 16.1. The normalized spacial score (nSPS) is 12.1. The van der Waals surface area contributed by atoms with Gasteiger partial charge in [-0.1, -0.05) is 32.1 Å². The number of hydrogen-bond acceptors (Lipinski definition) is 5. The molecule has 1 atom stereocenters. The van der Waals surface area contributed by atoms with Gasteiger partial charge in [-0.05, 0) is 45.4 Å². The molecule has 0 aliphatic rings. The van der Waals surface area contributed by atoms with Crippen LogP contribution in [0.25, 0.3) is 0 Å². The van der Waals surface area contributed by atoms with Crippen LogP contribution in [0.1, 0.15) is 90.9 Å². The first-order valence-electron chi connectivity index (χ1n) is 12.8. The van der Waals surface area contributed by atoms with Gasteiger partial charge in [0.1, 0.15) is 6.04 Å². The second kappa shape index (κ2) is 19.2. The van der Waals surface area contributed by atoms with Crippen molar-refractivity contribution < 1.29 is 33.5 Å². The number of unbranched alkanes of at least 4 members (excludes halogenated alkanes) is 8. The fraction of sp³-hybridized carbons (Fsp3) is 0.840. The van der Waals surface area contributed by atoms with Crippen molar-refractivity contribution in [2.75, 3.05) is 40.3 Å². The van der Waals surface area contributed by atoms with Crippen molar-refractivity contribution in [2.45, 2.75) is 96.9 Å². The number of carboxylic acids is 1. The zero-order chi connectivity index (χ0) is 25.8. The number of aliphatic carboxylic acids is 1. The summed E-state index contributed by atoms with van der Waals surface area (Å²) in [4.78, 5) is 46.2. The third kappa shape index (κ3) is 19.3. The van der Waals surface area contributed by atoms with Gasteiger partial charge in [-0.15, -0.1) is 0 Å². The molecule has 1 unspecified atom stereocenters. The summed E-state index contributed by atoms with van der Waals surface area (Å²) in [5.74, 6) is -1.36. The van der Waals surface area contributed by atoms with Crippen molar-refractivity contribution in [3.05, 3.63) is 0 Å². The molecule has 0 aliphatic heterocycles. The van der Waals surface area contributed by atoms with Crippen LogP contribution in [0.15, 0.2) is 0 Å². The van der Waals surface area contributed by atoms with Gasteiger partial charge in [0.2, 0.25) is 11.8 Å². The Hall–Kier alpha value is -2.16. The average Bonchev–Trinajstić information content (AvgIpc) is 2.72. The van der Waals surface area contributed by atoms with Gasteiger partial charge in [-0.25, -0.2) is 9.59 Å². The van der Waals surface area contributed by atoms with Crippen molar-refractivity contribution in [3.8, 4) is 0 Å². The number of likely N-dealkylation sites (N-methyl/N-ethyl adjacent to an activating group) is 1. The summed E-state index contributed by atoms with van der Waals surface area (Å²) in [5.41, 5.74) is 0. The van der Waals surface area contributed by atoms with Crippen molar-refractivity contribution in [3.63, 3.8) is 0 Å². The van der Waals surface area contributed by atoms with E-state index in [9.17, 15) is 19.2 Å². The van der Waals surface area contributed by atoms with Crippen LogP contribution in [0.3, 0.4) is 0 Å². The highest BCUT2D eigenvalue weighted by molar-refractivity contribution is 5.84. The van der Waals surface area contributed by atoms with Crippen molar-refractivity contribution in [1.82, 2.24) is 10.6 Å². The Balaban J connectivity index is 3.92. The lowest BCUT2D eigenvalue weighted by atomic mass is 10.1. The van der Waals surface area contributed by atoms with E-state index in [0.717, 1.165) is 64.3 Å². The molecule has 0 radical (unpaired) electrons. The maximum Gasteiger partial charge on any atom is 0.359 e. The molecule has 0 bridgehead atoms. The number of ether oxygens (including phenoxy) is 1. The Morgan fingerprint density at radius 1 is 0.882 bits per heavy atom. The van der Waals surface area contributed by atoms with Gasteiger partial charge >= 0.3 is 11.9 Å². The summed E-state index contributed by atoms with van der Waals surface area (Å²) in [5, 5.41) is 14.4. The van der Waals surface area contributed by atoms with Crippen molar-refractivity contribution in [2.24, 2.45) is 0 Å². The number of amides is 2. The number of quaternary nitrogens is 1. The Morgan fingerprint density at radius 2 is 1.47 bits per heavy atom. The van der Waals surface area contributed by atoms with Gasteiger partial charge in [0, 0.05) is 19.9 Å². The molecule has 0 spiro atoms. The molecule has 2 amide bonds. The molecule has 34 heavy (non-hydrogen) atoms. The molecular weight excluding hydrogens is 438 g/mol. The summed E-state index contributed by atoms with van der Waals surface area (Å²) < 4.78 is 5.60. The van der Waals surface area contributed by atoms with Gasteiger partial charge in [0.05, 0.1) is 27.2 Å². The number of nitrogens with zero attached hydrogens (tertiary/aromatic N) is 1. The smallest absolute Gasteiger partial charge is 0.359 e. The summed E-state index contributed by atoms with van der Waals surface area (Å²) in [7, 11) is 3.90. The monoisotopic (exact) mass is 486 g/mol. The lowest BCUT2D eigenvalue weighted by molar-refractivity contribution is -0.883. The second-order valence-electron chi connectivity index (χ2n) is 9.64. The molecule has 9 heteroatoms. The predicted molar refractivity (Wildman–Crippen MR) is 132 cm³/mol. The summed E-state index contributed by atoms with van der Waals surface area (Å²) in [6.07, 6.45) is 10.8. The largest absolute Gasteiger partial charge is 0.477 e. The Labute approximate surface area is 205 Å². The lowest BCUT2D eigenvalue weighted by Gasteiger charge is -2.27. The summed E-state index contributed by atoms with van der Waals surface area (Å²) in [6, 6.07) is -0.635. The molecule has 0 aliphatic carbocycles. The topological polar surface area (TPSA) is 122 Å². The van der Waals surface area contributed by atoms with Crippen LogP contribution < -0.4 is 10.6 Å². The number of carbonyl (C=O) groups is 4.